The second-order valence-corrected chi connectivity index (χ2v) is 6.06. The fourth-order valence-corrected chi connectivity index (χ4v) is 2.97. The van der Waals surface area contributed by atoms with Crippen LogP contribution in [0.25, 0.3) is 0 Å². The molecule has 7 nitrogen and oxygen atoms in total. The Kier molecular flexibility index (Phi) is 4.21. The summed E-state index contributed by atoms with van der Waals surface area (Å²) < 4.78 is 39.9. The van der Waals surface area contributed by atoms with E-state index in [2.05, 4.69) is 19.9 Å². The number of benzene rings is 1. The summed E-state index contributed by atoms with van der Waals surface area (Å²) in [6.45, 7) is 0.0311. The van der Waals surface area contributed by atoms with Gasteiger partial charge in [0.25, 0.3) is 0 Å². The topological polar surface area (TPSA) is 114 Å². The molecule has 0 saturated heterocycles. The van der Waals surface area contributed by atoms with E-state index in [0.717, 1.165) is 12.1 Å². The number of sulfonamides is 1. The first-order valence-electron chi connectivity index (χ1n) is 5.48. The minimum absolute atomic E-state index is 0.0311. The van der Waals surface area contributed by atoms with Gasteiger partial charge in [0.2, 0.25) is 10.0 Å². The molecule has 0 fully saturated rings. The highest BCUT2D eigenvalue weighted by molar-refractivity contribution is 7.89. The third-order valence-electron chi connectivity index (χ3n) is 2.44. The van der Waals surface area contributed by atoms with Crippen molar-refractivity contribution in [3.05, 3.63) is 35.1 Å². The SMILES string of the molecule is Nc1cc(Cl)cc(S(=O)(=O)NCCc2ncn[nH]2)c1F. The van der Waals surface area contributed by atoms with Crippen molar-refractivity contribution in [3.8, 4) is 0 Å². The van der Waals surface area contributed by atoms with Crippen molar-refractivity contribution < 1.29 is 12.8 Å². The average Bonchev–Trinajstić information content (AvgIpc) is 2.86. The van der Waals surface area contributed by atoms with E-state index in [9.17, 15) is 12.8 Å². The van der Waals surface area contributed by atoms with Crippen LogP contribution in [0.15, 0.2) is 23.4 Å². The van der Waals surface area contributed by atoms with Crippen molar-refractivity contribution in [2.45, 2.75) is 11.3 Å². The summed E-state index contributed by atoms with van der Waals surface area (Å²) in [7, 11) is -4.04. The molecule has 20 heavy (non-hydrogen) atoms. The fraction of sp³-hybridized carbons (Fsp3) is 0.200. The largest absolute Gasteiger partial charge is 0.396 e. The summed E-state index contributed by atoms with van der Waals surface area (Å²) >= 11 is 5.68. The first-order valence-corrected chi connectivity index (χ1v) is 7.34. The molecule has 10 heteroatoms. The van der Waals surface area contributed by atoms with Crippen LogP contribution >= 0.6 is 11.6 Å². The first-order chi connectivity index (χ1) is 9.40. The third kappa shape index (κ3) is 3.24. The van der Waals surface area contributed by atoms with Crippen LogP contribution in [0.4, 0.5) is 10.1 Å². The summed E-state index contributed by atoms with van der Waals surface area (Å²) in [4.78, 5) is 3.25. The molecule has 0 aliphatic heterocycles. The van der Waals surface area contributed by atoms with Gasteiger partial charge in [-0.25, -0.2) is 22.5 Å². The molecular weight excluding hydrogens is 309 g/mol. The lowest BCUT2D eigenvalue weighted by Gasteiger charge is -2.09. The maximum Gasteiger partial charge on any atom is 0.243 e. The van der Waals surface area contributed by atoms with Gasteiger partial charge in [0.1, 0.15) is 17.0 Å². The Morgan fingerprint density at radius 2 is 2.20 bits per heavy atom. The van der Waals surface area contributed by atoms with E-state index in [-0.39, 0.29) is 23.7 Å². The van der Waals surface area contributed by atoms with E-state index in [1.165, 1.54) is 6.33 Å². The number of hydrogen-bond acceptors (Lipinski definition) is 5. The van der Waals surface area contributed by atoms with Crippen LogP contribution in [0, 0.1) is 5.82 Å². The molecule has 1 aromatic carbocycles. The zero-order valence-electron chi connectivity index (χ0n) is 10.1. The minimum atomic E-state index is -4.04. The molecule has 0 unspecified atom stereocenters. The smallest absolute Gasteiger partial charge is 0.243 e. The Morgan fingerprint density at radius 1 is 1.45 bits per heavy atom. The standard InChI is InChI=1S/C10H11ClFN5O2S/c11-6-3-7(13)10(12)8(4-6)20(18,19)16-2-1-9-14-5-15-17-9/h3-5,16H,1-2,13H2,(H,14,15,17). The van der Waals surface area contributed by atoms with Gasteiger partial charge in [0, 0.05) is 18.0 Å². The molecule has 0 aliphatic rings. The number of nitrogens with one attached hydrogen (secondary N) is 2. The predicted molar refractivity (Wildman–Crippen MR) is 71.1 cm³/mol. The van der Waals surface area contributed by atoms with Crippen LogP contribution in [-0.2, 0) is 16.4 Å². The second-order valence-electron chi connectivity index (χ2n) is 3.89. The molecule has 0 aliphatic carbocycles. The Bertz CT molecular complexity index is 705. The van der Waals surface area contributed by atoms with Crippen molar-refractivity contribution >= 4 is 27.3 Å². The third-order valence-corrected chi connectivity index (χ3v) is 4.12. The van der Waals surface area contributed by atoms with Crippen LogP contribution in [0.1, 0.15) is 5.82 Å². The van der Waals surface area contributed by atoms with Crippen LogP contribution in [0.2, 0.25) is 5.02 Å². The van der Waals surface area contributed by atoms with Crippen LogP contribution < -0.4 is 10.5 Å². The maximum atomic E-state index is 13.7. The number of aromatic amines is 1. The lowest BCUT2D eigenvalue weighted by atomic mass is 10.3. The summed E-state index contributed by atoms with van der Waals surface area (Å²) in [5.41, 5.74) is 5.02. The van der Waals surface area contributed by atoms with E-state index in [4.69, 9.17) is 17.3 Å². The molecular formula is C10H11ClFN5O2S. The fourth-order valence-electron chi connectivity index (χ4n) is 1.51. The van der Waals surface area contributed by atoms with Crippen LogP contribution in [0.3, 0.4) is 0 Å². The highest BCUT2D eigenvalue weighted by Gasteiger charge is 2.21. The van der Waals surface area contributed by atoms with Gasteiger partial charge in [0.15, 0.2) is 5.82 Å². The van der Waals surface area contributed by atoms with Crippen molar-refractivity contribution in [1.29, 1.82) is 0 Å². The number of anilines is 1. The molecule has 0 amide bonds. The van der Waals surface area contributed by atoms with E-state index in [0.29, 0.717) is 5.82 Å². The number of hydrogen-bond donors (Lipinski definition) is 3. The monoisotopic (exact) mass is 319 g/mol. The summed E-state index contributed by atoms with van der Waals surface area (Å²) in [5, 5.41) is 6.25. The lowest BCUT2D eigenvalue weighted by Crippen LogP contribution is -2.27. The molecule has 4 N–H and O–H groups in total. The zero-order valence-corrected chi connectivity index (χ0v) is 11.7. The van der Waals surface area contributed by atoms with Crippen molar-refractivity contribution in [2.75, 3.05) is 12.3 Å². The van der Waals surface area contributed by atoms with Gasteiger partial charge in [-0.05, 0) is 12.1 Å². The normalized spacial score (nSPS) is 11.7. The lowest BCUT2D eigenvalue weighted by molar-refractivity contribution is 0.558. The van der Waals surface area contributed by atoms with Gasteiger partial charge < -0.3 is 5.73 Å². The molecule has 1 heterocycles. The molecule has 0 bridgehead atoms. The number of halogens is 2. The summed E-state index contributed by atoms with van der Waals surface area (Å²) in [6.07, 6.45) is 1.60. The van der Waals surface area contributed by atoms with Gasteiger partial charge in [-0.3, -0.25) is 5.10 Å². The Hall–Kier alpha value is -1.71. The van der Waals surface area contributed by atoms with Crippen molar-refractivity contribution in [1.82, 2.24) is 19.9 Å². The Labute approximate surface area is 119 Å². The first kappa shape index (κ1) is 14.7. The van der Waals surface area contributed by atoms with Crippen LogP contribution in [0.5, 0.6) is 0 Å². The molecule has 2 rings (SSSR count). The molecule has 0 radical (unpaired) electrons. The minimum Gasteiger partial charge on any atom is -0.396 e. The zero-order chi connectivity index (χ0) is 14.8. The molecule has 108 valence electrons. The number of nitrogens with two attached hydrogens (primary N) is 1. The number of nitrogens with zero attached hydrogens (tertiary/aromatic N) is 2. The number of rotatable bonds is 5. The van der Waals surface area contributed by atoms with Crippen molar-refractivity contribution in [3.63, 3.8) is 0 Å². The summed E-state index contributed by atoms with van der Waals surface area (Å²) in [5.74, 6) is -0.514. The molecule has 2 aromatic rings. The van der Waals surface area contributed by atoms with E-state index < -0.39 is 20.7 Å². The molecule has 0 atom stereocenters. The molecule has 0 saturated carbocycles. The Balaban J connectivity index is 2.14. The number of aromatic nitrogens is 3. The van der Waals surface area contributed by atoms with Crippen LogP contribution in [-0.4, -0.2) is 30.1 Å². The number of H-pyrrole nitrogens is 1. The van der Waals surface area contributed by atoms with E-state index >= 15 is 0 Å². The maximum absolute atomic E-state index is 13.7. The second kappa shape index (κ2) is 5.73. The molecule has 1 aromatic heterocycles. The van der Waals surface area contributed by atoms with E-state index in [1.54, 1.807) is 0 Å². The summed E-state index contributed by atoms with van der Waals surface area (Å²) in [6, 6.07) is 2.15. The Morgan fingerprint density at radius 3 is 2.85 bits per heavy atom. The van der Waals surface area contributed by atoms with E-state index in [1.807, 2.05) is 0 Å². The highest BCUT2D eigenvalue weighted by Crippen LogP contribution is 2.24. The van der Waals surface area contributed by atoms with Gasteiger partial charge in [-0.15, -0.1) is 0 Å². The van der Waals surface area contributed by atoms with Gasteiger partial charge >= 0.3 is 0 Å². The predicted octanol–water partition coefficient (Wildman–Crippen LogP) is 0.700. The average molecular weight is 320 g/mol. The van der Waals surface area contributed by atoms with Gasteiger partial charge in [0.05, 0.1) is 5.69 Å². The highest BCUT2D eigenvalue weighted by atomic mass is 35.5. The molecule has 0 spiro atoms. The van der Waals surface area contributed by atoms with Crippen molar-refractivity contribution in [2.24, 2.45) is 0 Å². The number of nitrogen functional groups attached to an aromatic ring is 1. The quantitative estimate of drug-likeness (QED) is 0.702. The van der Waals surface area contributed by atoms with Gasteiger partial charge in [-0.1, -0.05) is 11.6 Å². The van der Waals surface area contributed by atoms with Gasteiger partial charge in [-0.2, -0.15) is 5.10 Å².